The molecular weight excluding hydrogens is 338 g/mol. The number of benzene rings is 2. The Morgan fingerprint density at radius 2 is 1.70 bits per heavy atom. The smallest absolute Gasteiger partial charge is 0.237 e. The first kappa shape index (κ1) is 15.8. The lowest BCUT2D eigenvalue weighted by molar-refractivity contribution is -0.117. The molecule has 0 spiro atoms. The molecule has 5 nitrogen and oxygen atoms in total. The van der Waals surface area contributed by atoms with Crippen molar-refractivity contribution < 1.29 is 17.9 Å². The summed E-state index contributed by atoms with van der Waals surface area (Å²) in [5.41, 5.74) is 0.532. The summed E-state index contributed by atoms with van der Waals surface area (Å²) in [6, 6.07) is 16.2. The van der Waals surface area contributed by atoms with E-state index in [2.05, 4.69) is 0 Å². The molecule has 0 aliphatic carbocycles. The molecule has 0 saturated carbocycles. The summed E-state index contributed by atoms with van der Waals surface area (Å²) in [6.07, 6.45) is -0.120. The maximum Gasteiger partial charge on any atom is 0.237 e. The highest BCUT2D eigenvalue weighted by molar-refractivity contribution is 8.14. The molecule has 1 heterocycles. The zero-order chi connectivity index (χ0) is 16.4. The fourth-order valence-electron chi connectivity index (χ4n) is 2.48. The second-order valence-corrected chi connectivity index (χ2v) is 8.10. The van der Waals surface area contributed by atoms with Crippen molar-refractivity contribution in [3.05, 3.63) is 54.6 Å². The third-order valence-electron chi connectivity index (χ3n) is 3.61. The van der Waals surface area contributed by atoms with Gasteiger partial charge in [-0.05, 0) is 24.3 Å². The summed E-state index contributed by atoms with van der Waals surface area (Å²) in [6.45, 7) is 0.0276. The van der Waals surface area contributed by atoms with Gasteiger partial charge in [0.2, 0.25) is 15.0 Å². The normalized spacial score (nSPS) is 18.2. The van der Waals surface area contributed by atoms with Gasteiger partial charge in [0, 0.05) is 23.6 Å². The summed E-state index contributed by atoms with van der Waals surface area (Å²) < 4.78 is 28.8. The standard InChI is InChI=1S/C16H14ClNO4S/c17-23(20,21)13-10-16(19)18(11-13)14-8-4-5-9-15(14)22-12-6-2-1-3-7-12/h1-9,13H,10-11H2. The van der Waals surface area contributed by atoms with Crippen molar-refractivity contribution in [2.75, 3.05) is 11.4 Å². The van der Waals surface area contributed by atoms with Crippen molar-refractivity contribution in [3.63, 3.8) is 0 Å². The Morgan fingerprint density at radius 1 is 1.04 bits per heavy atom. The molecule has 0 N–H and O–H groups in total. The monoisotopic (exact) mass is 351 g/mol. The van der Waals surface area contributed by atoms with Crippen LogP contribution in [0, 0.1) is 0 Å². The van der Waals surface area contributed by atoms with Crippen LogP contribution in [0.4, 0.5) is 5.69 Å². The number of ether oxygens (including phenoxy) is 1. The highest BCUT2D eigenvalue weighted by Crippen LogP contribution is 2.35. The quantitative estimate of drug-likeness (QED) is 0.794. The van der Waals surface area contributed by atoms with E-state index in [0.717, 1.165) is 0 Å². The van der Waals surface area contributed by atoms with E-state index in [4.69, 9.17) is 15.4 Å². The highest BCUT2D eigenvalue weighted by Gasteiger charge is 2.38. The van der Waals surface area contributed by atoms with E-state index >= 15 is 0 Å². The van der Waals surface area contributed by atoms with Gasteiger partial charge in [0.05, 0.1) is 5.69 Å². The highest BCUT2D eigenvalue weighted by atomic mass is 35.7. The average Bonchev–Trinajstić information content (AvgIpc) is 2.91. The van der Waals surface area contributed by atoms with Crippen LogP contribution in [0.5, 0.6) is 11.5 Å². The molecule has 1 aliphatic rings. The van der Waals surface area contributed by atoms with Crippen molar-refractivity contribution >= 4 is 31.3 Å². The molecule has 1 unspecified atom stereocenters. The predicted octanol–water partition coefficient (Wildman–Crippen LogP) is 3.15. The van der Waals surface area contributed by atoms with Gasteiger partial charge in [-0.25, -0.2) is 8.42 Å². The number of carbonyl (C=O) groups excluding carboxylic acids is 1. The summed E-state index contributed by atoms with van der Waals surface area (Å²) in [5, 5.41) is -0.901. The molecule has 1 amide bonds. The molecule has 7 heteroatoms. The number of para-hydroxylation sites is 3. The molecule has 3 rings (SSSR count). The Hall–Kier alpha value is -2.05. The molecule has 1 fully saturated rings. The Bertz CT molecular complexity index is 823. The minimum absolute atomic E-state index is 0.0276. The lowest BCUT2D eigenvalue weighted by Gasteiger charge is -2.20. The number of nitrogens with zero attached hydrogens (tertiary/aromatic N) is 1. The first-order valence-electron chi connectivity index (χ1n) is 7.01. The summed E-state index contributed by atoms with van der Waals surface area (Å²) in [5.74, 6) is 0.830. The van der Waals surface area contributed by atoms with Gasteiger partial charge in [-0.1, -0.05) is 30.3 Å². The van der Waals surface area contributed by atoms with Gasteiger partial charge < -0.3 is 9.64 Å². The first-order chi connectivity index (χ1) is 10.9. The van der Waals surface area contributed by atoms with Crippen LogP contribution in [0.1, 0.15) is 6.42 Å². The van der Waals surface area contributed by atoms with Crippen LogP contribution in [-0.4, -0.2) is 26.1 Å². The van der Waals surface area contributed by atoms with Gasteiger partial charge in [-0.2, -0.15) is 0 Å². The van der Waals surface area contributed by atoms with Crippen molar-refractivity contribution in [1.29, 1.82) is 0 Å². The lowest BCUT2D eigenvalue weighted by Crippen LogP contribution is -2.27. The van der Waals surface area contributed by atoms with E-state index in [1.807, 2.05) is 18.2 Å². The van der Waals surface area contributed by atoms with Crippen molar-refractivity contribution in [1.82, 2.24) is 0 Å². The van der Waals surface area contributed by atoms with E-state index < -0.39 is 14.3 Å². The van der Waals surface area contributed by atoms with Crippen molar-refractivity contribution in [2.24, 2.45) is 0 Å². The Morgan fingerprint density at radius 3 is 2.35 bits per heavy atom. The van der Waals surface area contributed by atoms with Crippen LogP contribution >= 0.6 is 10.7 Å². The Kier molecular flexibility index (Phi) is 4.28. The topological polar surface area (TPSA) is 63.7 Å². The zero-order valence-corrected chi connectivity index (χ0v) is 13.6. The van der Waals surface area contributed by atoms with E-state index in [1.165, 1.54) is 4.90 Å². The van der Waals surface area contributed by atoms with Crippen molar-refractivity contribution in [2.45, 2.75) is 11.7 Å². The van der Waals surface area contributed by atoms with E-state index in [0.29, 0.717) is 17.2 Å². The molecule has 1 saturated heterocycles. The predicted molar refractivity (Wildman–Crippen MR) is 88.5 cm³/mol. The Balaban J connectivity index is 1.90. The molecule has 0 aromatic heterocycles. The molecule has 2 aromatic rings. The second-order valence-electron chi connectivity index (χ2n) is 5.19. The van der Waals surface area contributed by atoms with Crippen LogP contribution in [-0.2, 0) is 13.8 Å². The van der Waals surface area contributed by atoms with E-state index in [-0.39, 0.29) is 18.9 Å². The van der Waals surface area contributed by atoms with Crippen LogP contribution in [0.2, 0.25) is 0 Å². The zero-order valence-electron chi connectivity index (χ0n) is 12.1. The Labute approximate surface area is 138 Å². The minimum Gasteiger partial charge on any atom is -0.455 e. The molecule has 23 heavy (non-hydrogen) atoms. The largest absolute Gasteiger partial charge is 0.455 e. The second kappa shape index (κ2) is 6.22. The molecule has 120 valence electrons. The van der Waals surface area contributed by atoms with E-state index in [9.17, 15) is 13.2 Å². The van der Waals surface area contributed by atoms with Gasteiger partial charge in [0.15, 0.2) is 5.75 Å². The maximum atomic E-state index is 12.2. The van der Waals surface area contributed by atoms with Gasteiger partial charge in [-0.15, -0.1) is 0 Å². The average molecular weight is 352 g/mol. The summed E-state index contributed by atoms with van der Waals surface area (Å²) in [7, 11) is 1.61. The van der Waals surface area contributed by atoms with Crippen molar-refractivity contribution in [3.8, 4) is 11.5 Å². The van der Waals surface area contributed by atoms with Gasteiger partial charge in [0.1, 0.15) is 11.0 Å². The first-order valence-corrected chi connectivity index (χ1v) is 9.38. The fraction of sp³-hybridized carbons (Fsp3) is 0.188. The molecule has 2 aromatic carbocycles. The number of hydrogen-bond donors (Lipinski definition) is 0. The summed E-state index contributed by atoms with van der Waals surface area (Å²) >= 11 is 0. The van der Waals surface area contributed by atoms with Crippen LogP contribution in [0.25, 0.3) is 0 Å². The lowest BCUT2D eigenvalue weighted by atomic mass is 10.2. The number of amides is 1. The molecule has 0 bridgehead atoms. The number of halogens is 1. The number of anilines is 1. The maximum absolute atomic E-state index is 12.2. The third-order valence-corrected chi connectivity index (χ3v) is 5.48. The molecule has 1 aliphatic heterocycles. The SMILES string of the molecule is O=C1CC(S(=O)(=O)Cl)CN1c1ccccc1Oc1ccccc1. The van der Waals surface area contributed by atoms with Gasteiger partial charge >= 0.3 is 0 Å². The van der Waals surface area contributed by atoms with Crippen LogP contribution < -0.4 is 9.64 Å². The molecule has 1 atom stereocenters. The molecule has 0 radical (unpaired) electrons. The van der Waals surface area contributed by atoms with Gasteiger partial charge in [0.25, 0.3) is 0 Å². The fourth-order valence-corrected chi connectivity index (χ4v) is 3.50. The summed E-state index contributed by atoms with van der Waals surface area (Å²) in [4.78, 5) is 13.6. The number of rotatable bonds is 4. The number of carbonyl (C=O) groups is 1. The minimum atomic E-state index is -3.78. The van der Waals surface area contributed by atoms with Crippen LogP contribution in [0.15, 0.2) is 54.6 Å². The molecular formula is C16H14ClNO4S. The van der Waals surface area contributed by atoms with Crippen LogP contribution in [0.3, 0.4) is 0 Å². The van der Waals surface area contributed by atoms with E-state index in [1.54, 1.807) is 36.4 Å². The third kappa shape index (κ3) is 3.48. The van der Waals surface area contributed by atoms with Gasteiger partial charge in [-0.3, -0.25) is 4.79 Å². The number of hydrogen-bond acceptors (Lipinski definition) is 4.